The summed E-state index contributed by atoms with van der Waals surface area (Å²) >= 11 is 8.12. The standard InChI is InChI=1S/C32H37ClN4O3S/c1-5-29-22(4)35-31(41-29)12-11-26-18-28(39-14-13-23-9-7-6-8-10-23)19-30(36-26)34-20-24-15-25(33)17-27(16-24)37-32(38)40-21(2)3/h6-10,15-19,21H,5,11-14,20H2,1-4H3,(H,34,36)(H,37,38). The van der Waals surface area contributed by atoms with Gasteiger partial charge in [0.05, 0.1) is 23.4 Å². The Labute approximate surface area is 251 Å². The number of anilines is 2. The van der Waals surface area contributed by atoms with Crippen LogP contribution in [0, 0.1) is 6.92 Å². The summed E-state index contributed by atoms with van der Waals surface area (Å²) in [6, 6.07) is 19.6. The first-order valence-electron chi connectivity index (χ1n) is 13.9. The van der Waals surface area contributed by atoms with Gasteiger partial charge in [-0.3, -0.25) is 5.32 Å². The Morgan fingerprint density at radius 2 is 1.80 bits per heavy atom. The van der Waals surface area contributed by atoms with Crippen molar-refractivity contribution in [2.45, 2.75) is 66.0 Å². The fourth-order valence-corrected chi connectivity index (χ4v) is 5.60. The van der Waals surface area contributed by atoms with E-state index in [0.717, 1.165) is 53.4 Å². The fraction of sp³-hybridized carbons (Fsp3) is 0.344. The summed E-state index contributed by atoms with van der Waals surface area (Å²) in [5, 5.41) is 7.78. The number of carbonyl (C=O) groups excluding carboxylic acids is 1. The average molecular weight is 593 g/mol. The molecule has 0 atom stereocenters. The number of hydrogen-bond donors (Lipinski definition) is 2. The van der Waals surface area contributed by atoms with E-state index in [9.17, 15) is 4.79 Å². The van der Waals surface area contributed by atoms with Gasteiger partial charge in [0.1, 0.15) is 11.6 Å². The number of halogens is 1. The van der Waals surface area contributed by atoms with Crippen LogP contribution in [0.25, 0.3) is 0 Å². The third-order valence-corrected chi connectivity index (χ3v) is 7.81. The normalized spacial score (nSPS) is 11.0. The number of ether oxygens (including phenoxy) is 2. The summed E-state index contributed by atoms with van der Waals surface area (Å²) in [6.45, 7) is 8.86. The van der Waals surface area contributed by atoms with Crippen molar-refractivity contribution in [2.75, 3.05) is 17.2 Å². The predicted molar refractivity (Wildman–Crippen MR) is 168 cm³/mol. The SMILES string of the molecule is CCc1sc(CCc2cc(OCCc3ccccc3)cc(NCc3cc(Cl)cc(NC(=O)OC(C)C)c3)n2)nc1C. The number of rotatable bonds is 13. The Morgan fingerprint density at radius 1 is 1.00 bits per heavy atom. The van der Waals surface area contributed by atoms with Gasteiger partial charge >= 0.3 is 6.09 Å². The third-order valence-electron chi connectivity index (χ3n) is 6.23. The van der Waals surface area contributed by atoms with Gasteiger partial charge in [-0.1, -0.05) is 48.9 Å². The smallest absolute Gasteiger partial charge is 0.411 e. The molecule has 2 N–H and O–H groups in total. The molecule has 0 aliphatic heterocycles. The van der Waals surface area contributed by atoms with Crippen LogP contribution in [-0.4, -0.2) is 28.8 Å². The van der Waals surface area contributed by atoms with Crippen LogP contribution in [0.2, 0.25) is 5.02 Å². The highest BCUT2D eigenvalue weighted by Gasteiger charge is 2.11. The molecule has 4 rings (SSSR count). The second-order valence-electron chi connectivity index (χ2n) is 10.0. The second-order valence-corrected chi connectivity index (χ2v) is 11.6. The van der Waals surface area contributed by atoms with E-state index in [2.05, 4.69) is 36.6 Å². The number of nitrogens with zero attached hydrogens (tertiary/aromatic N) is 2. The summed E-state index contributed by atoms with van der Waals surface area (Å²) in [5.41, 5.74) is 4.74. The number of nitrogens with one attached hydrogen (secondary N) is 2. The molecule has 41 heavy (non-hydrogen) atoms. The maximum atomic E-state index is 12.1. The Balaban J connectivity index is 1.46. The molecule has 2 heterocycles. The molecule has 0 saturated carbocycles. The van der Waals surface area contributed by atoms with Crippen LogP contribution >= 0.6 is 22.9 Å². The zero-order chi connectivity index (χ0) is 29.2. The molecule has 7 nitrogen and oxygen atoms in total. The van der Waals surface area contributed by atoms with Crippen molar-refractivity contribution in [3.63, 3.8) is 0 Å². The summed E-state index contributed by atoms with van der Waals surface area (Å²) < 4.78 is 11.4. The van der Waals surface area contributed by atoms with E-state index in [1.165, 1.54) is 10.4 Å². The first-order chi connectivity index (χ1) is 19.8. The molecule has 4 aromatic rings. The number of benzene rings is 2. The monoisotopic (exact) mass is 592 g/mol. The largest absolute Gasteiger partial charge is 0.493 e. The number of pyridine rings is 1. The van der Waals surface area contributed by atoms with Gasteiger partial charge in [0, 0.05) is 52.8 Å². The van der Waals surface area contributed by atoms with Crippen molar-refractivity contribution in [2.24, 2.45) is 0 Å². The third kappa shape index (κ3) is 9.76. The second kappa shape index (κ2) is 14.8. The molecule has 0 bridgehead atoms. The first-order valence-corrected chi connectivity index (χ1v) is 15.1. The lowest BCUT2D eigenvalue weighted by molar-refractivity contribution is 0.130. The van der Waals surface area contributed by atoms with Crippen LogP contribution in [-0.2, 0) is 37.0 Å². The molecule has 9 heteroatoms. The lowest BCUT2D eigenvalue weighted by atomic mass is 10.2. The Bertz CT molecular complexity index is 1440. The average Bonchev–Trinajstić information content (AvgIpc) is 3.30. The Hall–Kier alpha value is -3.62. The van der Waals surface area contributed by atoms with Crippen molar-refractivity contribution in [3.05, 3.63) is 98.1 Å². The molecule has 216 valence electrons. The van der Waals surface area contributed by atoms with Gasteiger partial charge < -0.3 is 14.8 Å². The Morgan fingerprint density at radius 3 is 2.54 bits per heavy atom. The van der Waals surface area contributed by atoms with Gasteiger partial charge in [-0.25, -0.2) is 14.8 Å². The maximum absolute atomic E-state index is 12.1. The van der Waals surface area contributed by atoms with Gasteiger partial charge in [-0.15, -0.1) is 11.3 Å². The van der Waals surface area contributed by atoms with Crippen LogP contribution in [0.5, 0.6) is 5.75 Å². The molecule has 0 spiro atoms. The summed E-state index contributed by atoms with van der Waals surface area (Å²) in [7, 11) is 0. The van der Waals surface area contributed by atoms with Crippen molar-refractivity contribution in [1.82, 2.24) is 9.97 Å². The molecule has 0 radical (unpaired) electrons. The van der Waals surface area contributed by atoms with E-state index in [1.807, 2.05) is 42.5 Å². The molecule has 2 aromatic heterocycles. The number of amides is 1. The molecular formula is C32H37ClN4O3S. The fourth-order valence-electron chi connectivity index (χ4n) is 4.33. The molecular weight excluding hydrogens is 556 g/mol. The quantitative estimate of drug-likeness (QED) is 0.163. The van der Waals surface area contributed by atoms with Crippen LogP contribution in [0.1, 0.15) is 53.2 Å². The van der Waals surface area contributed by atoms with E-state index >= 15 is 0 Å². The van der Waals surface area contributed by atoms with Gasteiger partial charge in [0.15, 0.2) is 0 Å². The van der Waals surface area contributed by atoms with Gasteiger partial charge in [0.2, 0.25) is 0 Å². The highest BCUT2D eigenvalue weighted by Crippen LogP contribution is 2.24. The molecule has 2 aromatic carbocycles. The van der Waals surface area contributed by atoms with Crippen LogP contribution in [0.4, 0.5) is 16.3 Å². The van der Waals surface area contributed by atoms with E-state index < -0.39 is 6.09 Å². The van der Waals surface area contributed by atoms with Gasteiger partial charge in [-0.2, -0.15) is 0 Å². The molecule has 0 unspecified atom stereocenters. The number of hydrogen-bond acceptors (Lipinski definition) is 7. The van der Waals surface area contributed by atoms with Crippen molar-refractivity contribution in [1.29, 1.82) is 0 Å². The zero-order valence-corrected chi connectivity index (χ0v) is 25.6. The van der Waals surface area contributed by atoms with Crippen LogP contribution in [0.3, 0.4) is 0 Å². The van der Waals surface area contributed by atoms with Crippen molar-refractivity contribution in [3.8, 4) is 5.75 Å². The van der Waals surface area contributed by atoms with Crippen molar-refractivity contribution < 1.29 is 14.3 Å². The molecule has 0 aliphatic rings. The highest BCUT2D eigenvalue weighted by molar-refractivity contribution is 7.11. The lowest BCUT2D eigenvalue weighted by Gasteiger charge is -2.14. The topological polar surface area (TPSA) is 85.4 Å². The molecule has 0 fully saturated rings. The van der Waals surface area contributed by atoms with E-state index in [-0.39, 0.29) is 6.10 Å². The minimum absolute atomic E-state index is 0.217. The summed E-state index contributed by atoms with van der Waals surface area (Å²) in [4.78, 5) is 23.0. The van der Waals surface area contributed by atoms with Crippen LogP contribution in [0.15, 0.2) is 60.7 Å². The highest BCUT2D eigenvalue weighted by atomic mass is 35.5. The lowest BCUT2D eigenvalue weighted by Crippen LogP contribution is -2.18. The minimum atomic E-state index is -0.519. The van der Waals surface area contributed by atoms with E-state index in [1.54, 1.807) is 31.3 Å². The first kappa shape index (κ1) is 30.3. The summed E-state index contributed by atoms with van der Waals surface area (Å²) in [5.74, 6) is 1.47. The predicted octanol–water partition coefficient (Wildman–Crippen LogP) is 8.04. The minimum Gasteiger partial charge on any atom is -0.493 e. The van der Waals surface area contributed by atoms with Crippen molar-refractivity contribution >= 4 is 40.5 Å². The number of aryl methyl sites for hydroxylation is 4. The molecule has 0 aliphatic carbocycles. The van der Waals surface area contributed by atoms with E-state index in [4.69, 9.17) is 31.0 Å². The van der Waals surface area contributed by atoms with Gasteiger partial charge in [-0.05, 0) is 62.9 Å². The zero-order valence-electron chi connectivity index (χ0n) is 24.0. The maximum Gasteiger partial charge on any atom is 0.411 e. The number of thiazole rings is 1. The molecule has 0 saturated heterocycles. The number of carbonyl (C=O) groups is 1. The Kier molecular flexibility index (Phi) is 11.0. The summed E-state index contributed by atoms with van der Waals surface area (Å²) in [6.07, 6.45) is 2.66. The molecule has 1 amide bonds. The van der Waals surface area contributed by atoms with Gasteiger partial charge in [0.25, 0.3) is 0 Å². The number of aromatic nitrogens is 2. The van der Waals surface area contributed by atoms with E-state index in [0.29, 0.717) is 29.7 Å². The van der Waals surface area contributed by atoms with Crippen LogP contribution < -0.4 is 15.4 Å².